The van der Waals surface area contributed by atoms with Crippen LogP contribution >= 0.6 is 11.6 Å². The summed E-state index contributed by atoms with van der Waals surface area (Å²) in [6, 6.07) is 4.00. The van der Waals surface area contributed by atoms with Crippen molar-refractivity contribution >= 4 is 23.2 Å². The van der Waals surface area contributed by atoms with Gasteiger partial charge in [0.15, 0.2) is 0 Å². The van der Waals surface area contributed by atoms with Crippen LogP contribution in [0.3, 0.4) is 0 Å². The molecule has 2 unspecified atom stereocenters. The van der Waals surface area contributed by atoms with E-state index < -0.39 is 4.92 Å². The summed E-state index contributed by atoms with van der Waals surface area (Å²) in [5, 5.41) is 13.5. The number of hydrogen-bond acceptors (Lipinski definition) is 3. The van der Waals surface area contributed by atoms with Crippen molar-refractivity contribution < 1.29 is 9.72 Å². The lowest BCUT2D eigenvalue weighted by atomic mass is 10.0. The molecular formula is C13H17ClN2O3. The van der Waals surface area contributed by atoms with Crippen molar-refractivity contribution in [1.29, 1.82) is 0 Å². The van der Waals surface area contributed by atoms with E-state index in [2.05, 4.69) is 12.2 Å². The molecule has 0 fully saturated rings. The molecule has 1 amide bonds. The van der Waals surface area contributed by atoms with Crippen molar-refractivity contribution in [3.63, 3.8) is 0 Å². The molecule has 0 aliphatic rings. The van der Waals surface area contributed by atoms with Gasteiger partial charge in [-0.3, -0.25) is 14.9 Å². The number of halogens is 1. The molecule has 0 radical (unpaired) electrons. The zero-order valence-electron chi connectivity index (χ0n) is 11.1. The molecule has 0 aliphatic carbocycles. The number of rotatable bonds is 5. The van der Waals surface area contributed by atoms with E-state index in [1.807, 2.05) is 13.8 Å². The van der Waals surface area contributed by atoms with E-state index in [9.17, 15) is 14.9 Å². The molecule has 2 atom stereocenters. The second-order valence-corrected chi connectivity index (χ2v) is 4.98. The summed E-state index contributed by atoms with van der Waals surface area (Å²) < 4.78 is 0. The molecule has 104 valence electrons. The summed E-state index contributed by atoms with van der Waals surface area (Å²) in [6.07, 6.45) is 0.961. The van der Waals surface area contributed by atoms with Crippen LogP contribution in [0.15, 0.2) is 18.2 Å². The van der Waals surface area contributed by atoms with Crippen LogP contribution in [-0.4, -0.2) is 16.9 Å². The van der Waals surface area contributed by atoms with Gasteiger partial charge in [-0.1, -0.05) is 31.9 Å². The van der Waals surface area contributed by atoms with E-state index in [1.165, 1.54) is 18.2 Å². The third-order valence-electron chi connectivity index (χ3n) is 3.26. The Bertz CT molecular complexity index is 491. The molecule has 0 saturated heterocycles. The maximum atomic E-state index is 12.0. The number of carbonyl (C=O) groups is 1. The molecule has 1 aromatic rings. The lowest BCUT2D eigenvalue weighted by molar-refractivity contribution is -0.384. The maximum Gasteiger partial charge on any atom is 0.287 e. The molecule has 19 heavy (non-hydrogen) atoms. The number of carbonyl (C=O) groups excluding carboxylic acids is 1. The van der Waals surface area contributed by atoms with E-state index in [1.54, 1.807) is 0 Å². The Balaban J connectivity index is 2.84. The van der Waals surface area contributed by atoms with Crippen LogP contribution < -0.4 is 5.32 Å². The molecule has 0 aromatic heterocycles. The van der Waals surface area contributed by atoms with Crippen LogP contribution in [0.2, 0.25) is 5.02 Å². The normalized spacial score (nSPS) is 13.7. The average molecular weight is 285 g/mol. The maximum absolute atomic E-state index is 12.0. The lowest BCUT2D eigenvalue weighted by Crippen LogP contribution is -2.36. The van der Waals surface area contributed by atoms with Gasteiger partial charge in [0, 0.05) is 17.7 Å². The largest absolute Gasteiger partial charge is 0.349 e. The molecule has 0 aliphatic heterocycles. The summed E-state index contributed by atoms with van der Waals surface area (Å²) in [4.78, 5) is 22.0. The summed E-state index contributed by atoms with van der Waals surface area (Å²) >= 11 is 5.77. The first-order valence-corrected chi connectivity index (χ1v) is 6.49. The number of nitro benzene ring substituents is 1. The number of nitro groups is 1. The predicted octanol–water partition coefficient (Wildman–Crippen LogP) is 3.41. The molecule has 0 bridgehead atoms. The molecule has 1 rings (SSSR count). The number of nitrogens with one attached hydrogen (secondary N) is 1. The zero-order chi connectivity index (χ0) is 14.6. The van der Waals surface area contributed by atoms with Crippen molar-refractivity contribution in [2.24, 2.45) is 5.92 Å². The van der Waals surface area contributed by atoms with Gasteiger partial charge in [-0.2, -0.15) is 0 Å². The highest BCUT2D eigenvalue weighted by Crippen LogP contribution is 2.25. The zero-order valence-corrected chi connectivity index (χ0v) is 11.9. The van der Waals surface area contributed by atoms with Crippen LogP contribution in [0, 0.1) is 16.0 Å². The quantitative estimate of drug-likeness (QED) is 0.665. The van der Waals surface area contributed by atoms with Crippen molar-refractivity contribution in [2.45, 2.75) is 33.2 Å². The van der Waals surface area contributed by atoms with Crippen LogP contribution in [-0.2, 0) is 0 Å². The van der Waals surface area contributed by atoms with Gasteiger partial charge >= 0.3 is 0 Å². The fourth-order valence-electron chi connectivity index (χ4n) is 1.58. The van der Waals surface area contributed by atoms with Gasteiger partial charge in [0.25, 0.3) is 11.6 Å². The SMILES string of the molecule is CCC(C)C(C)NC(=O)c1ccc([N+](=O)[O-])c(Cl)c1. The lowest BCUT2D eigenvalue weighted by Gasteiger charge is -2.19. The van der Waals surface area contributed by atoms with Gasteiger partial charge in [0.1, 0.15) is 5.02 Å². The molecule has 0 spiro atoms. The Morgan fingerprint density at radius 3 is 2.58 bits per heavy atom. The third-order valence-corrected chi connectivity index (χ3v) is 3.57. The van der Waals surface area contributed by atoms with Gasteiger partial charge in [0.05, 0.1) is 4.92 Å². The molecular weight excluding hydrogens is 268 g/mol. The Hall–Kier alpha value is -1.62. The number of amides is 1. The first-order valence-electron chi connectivity index (χ1n) is 6.11. The van der Waals surface area contributed by atoms with Gasteiger partial charge < -0.3 is 5.32 Å². The summed E-state index contributed by atoms with van der Waals surface area (Å²) in [5.74, 6) is 0.0852. The molecule has 6 heteroatoms. The van der Waals surface area contributed by atoms with Gasteiger partial charge in [-0.05, 0) is 25.0 Å². The fraction of sp³-hybridized carbons (Fsp3) is 0.462. The summed E-state index contributed by atoms with van der Waals surface area (Å²) in [5.41, 5.74) is 0.124. The Kier molecular flexibility index (Phi) is 5.30. The predicted molar refractivity (Wildman–Crippen MR) is 74.5 cm³/mol. The van der Waals surface area contributed by atoms with Crippen molar-refractivity contribution in [3.05, 3.63) is 38.9 Å². The van der Waals surface area contributed by atoms with E-state index >= 15 is 0 Å². The smallest absolute Gasteiger partial charge is 0.287 e. The topological polar surface area (TPSA) is 72.2 Å². The highest BCUT2D eigenvalue weighted by Gasteiger charge is 2.18. The van der Waals surface area contributed by atoms with E-state index in [4.69, 9.17) is 11.6 Å². The number of benzene rings is 1. The minimum atomic E-state index is -0.578. The van der Waals surface area contributed by atoms with Crippen LogP contribution in [0.1, 0.15) is 37.6 Å². The third kappa shape index (κ3) is 3.92. The van der Waals surface area contributed by atoms with Crippen molar-refractivity contribution in [2.75, 3.05) is 0 Å². The van der Waals surface area contributed by atoms with Crippen LogP contribution in [0.25, 0.3) is 0 Å². The number of hydrogen-bond donors (Lipinski definition) is 1. The highest BCUT2D eigenvalue weighted by atomic mass is 35.5. The minimum Gasteiger partial charge on any atom is -0.349 e. The second-order valence-electron chi connectivity index (χ2n) is 4.57. The fourth-order valence-corrected chi connectivity index (χ4v) is 1.83. The first kappa shape index (κ1) is 15.4. The van der Waals surface area contributed by atoms with Crippen LogP contribution in [0.5, 0.6) is 0 Å². The molecule has 0 saturated carbocycles. The van der Waals surface area contributed by atoms with Gasteiger partial charge in [-0.15, -0.1) is 0 Å². The van der Waals surface area contributed by atoms with Crippen molar-refractivity contribution in [1.82, 2.24) is 5.32 Å². The monoisotopic (exact) mass is 284 g/mol. The van der Waals surface area contributed by atoms with E-state index in [0.29, 0.717) is 11.5 Å². The Labute approximate surface area is 117 Å². The summed E-state index contributed by atoms with van der Waals surface area (Å²) in [7, 11) is 0. The average Bonchev–Trinajstić information content (AvgIpc) is 2.36. The van der Waals surface area contributed by atoms with E-state index in [-0.39, 0.29) is 22.7 Å². The second kappa shape index (κ2) is 6.52. The molecule has 1 N–H and O–H groups in total. The molecule has 0 heterocycles. The standard InChI is InChI=1S/C13H17ClN2O3/c1-4-8(2)9(3)15-13(17)10-5-6-12(16(18)19)11(14)7-10/h5-9H,4H2,1-3H3,(H,15,17). The Morgan fingerprint density at radius 1 is 1.47 bits per heavy atom. The molecule has 1 aromatic carbocycles. The summed E-state index contributed by atoms with van der Waals surface area (Å²) in [6.45, 7) is 6.03. The Morgan fingerprint density at radius 2 is 2.11 bits per heavy atom. The minimum absolute atomic E-state index is 0.0335. The van der Waals surface area contributed by atoms with Gasteiger partial charge in [0.2, 0.25) is 0 Å². The van der Waals surface area contributed by atoms with E-state index in [0.717, 1.165) is 6.42 Å². The van der Waals surface area contributed by atoms with Crippen LogP contribution in [0.4, 0.5) is 5.69 Å². The molecule has 5 nitrogen and oxygen atoms in total. The van der Waals surface area contributed by atoms with Crippen molar-refractivity contribution in [3.8, 4) is 0 Å². The van der Waals surface area contributed by atoms with Gasteiger partial charge in [-0.25, -0.2) is 0 Å². The highest BCUT2D eigenvalue weighted by molar-refractivity contribution is 6.33. The number of nitrogens with zero attached hydrogens (tertiary/aromatic N) is 1. The first-order chi connectivity index (χ1) is 8.86.